The third kappa shape index (κ3) is 3.55. The van der Waals surface area contributed by atoms with Crippen molar-refractivity contribution in [2.45, 2.75) is 6.92 Å². The van der Waals surface area contributed by atoms with E-state index in [2.05, 4.69) is 21.8 Å². The molecule has 3 rings (SSSR count). The lowest BCUT2D eigenvalue weighted by molar-refractivity contribution is -0.121. The van der Waals surface area contributed by atoms with Gasteiger partial charge in [0.1, 0.15) is 10.8 Å². The molecule has 1 aliphatic heterocycles. The van der Waals surface area contributed by atoms with Gasteiger partial charge in [0.05, 0.1) is 4.91 Å². The molecule has 1 aliphatic rings. The maximum absolute atomic E-state index is 12.6. The summed E-state index contributed by atoms with van der Waals surface area (Å²) in [4.78, 5) is 19.1. The number of rotatable bonds is 4. The van der Waals surface area contributed by atoms with Crippen molar-refractivity contribution in [1.82, 2.24) is 15.1 Å². The number of carbonyl (C=O) groups excluding carboxylic acids is 1. The summed E-state index contributed by atoms with van der Waals surface area (Å²) >= 11 is 2.65. The Bertz CT molecular complexity index is 840. The lowest BCUT2D eigenvalue weighted by Crippen LogP contribution is -2.29. The van der Waals surface area contributed by atoms with E-state index in [4.69, 9.17) is 0 Å². The number of aromatic nitrogens is 2. The molecule has 1 amide bonds. The molecule has 0 unspecified atom stereocenters. The quantitative estimate of drug-likeness (QED) is 0.670. The first-order valence-corrected chi connectivity index (χ1v) is 8.70. The van der Waals surface area contributed by atoms with E-state index in [0.29, 0.717) is 21.7 Å². The number of thioether (sulfide) groups is 1. The van der Waals surface area contributed by atoms with Crippen molar-refractivity contribution in [3.05, 3.63) is 52.4 Å². The van der Waals surface area contributed by atoms with Gasteiger partial charge in [-0.1, -0.05) is 29.5 Å². The molecule has 2 aromatic rings. The minimum absolute atomic E-state index is 0.132. The van der Waals surface area contributed by atoms with Crippen LogP contribution in [0.4, 0.5) is 5.13 Å². The number of amidine groups is 1. The Labute approximate surface area is 147 Å². The molecule has 1 fully saturated rings. The van der Waals surface area contributed by atoms with Gasteiger partial charge in [0.25, 0.3) is 5.91 Å². The fourth-order valence-corrected chi connectivity index (χ4v) is 3.62. The number of phenols is 1. The molecule has 0 radical (unpaired) electrons. The topological polar surface area (TPSA) is 78.7 Å². The zero-order chi connectivity index (χ0) is 17.1. The van der Waals surface area contributed by atoms with E-state index in [-0.39, 0.29) is 11.7 Å². The first kappa shape index (κ1) is 16.4. The molecule has 24 heavy (non-hydrogen) atoms. The van der Waals surface area contributed by atoms with Crippen molar-refractivity contribution in [3.8, 4) is 5.75 Å². The number of benzene rings is 1. The Morgan fingerprint density at radius 3 is 2.71 bits per heavy atom. The standard InChI is InChI=1S/C16H14N4O2S2/c1-3-8-20-14(22)13(9-11-4-6-12(21)7-5-11)24-16(20)17-15-19-18-10(2)23-15/h3-7,9,21H,1,8H2,2H3/b13-9-,17-16+. The van der Waals surface area contributed by atoms with Gasteiger partial charge in [-0.25, -0.2) is 0 Å². The maximum Gasteiger partial charge on any atom is 0.267 e. The number of aryl methyl sites for hydroxylation is 1. The lowest BCUT2D eigenvalue weighted by atomic mass is 10.2. The van der Waals surface area contributed by atoms with E-state index < -0.39 is 0 Å². The largest absolute Gasteiger partial charge is 0.508 e. The van der Waals surface area contributed by atoms with Crippen LogP contribution in [0.2, 0.25) is 0 Å². The monoisotopic (exact) mass is 358 g/mol. The lowest BCUT2D eigenvalue weighted by Gasteiger charge is -2.11. The minimum Gasteiger partial charge on any atom is -0.508 e. The molecule has 0 aliphatic carbocycles. The van der Waals surface area contributed by atoms with Gasteiger partial charge in [-0.15, -0.1) is 16.8 Å². The Morgan fingerprint density at radius 1 is 1.33 bits per heavy atom. The van der Waals surface area contributed by atoms with Crippen molar-refractivity contribution >= 4 is 45.4 Å². The van der Waals surface area contributed by atoms with Gasteiger partial charge in [-0.2, -0.15) is 4.99 Å². The highest BCUT2D eigenvalue weighted by molar-refractivity contribution is 8.18. The number of hydrogen-bond donors (Lipinski definition) is 1. The van der Waals surface area contributed by atoms with Crippen LogP contribution in [0.1, 0.15) is 10.6 Å². The summed E-state index contributed by atoms with van der Waals surface area (Å²) in [6.07, 6.45) is 3.43. The normalized spacial score (nSPS) is 17.9. The summed E-state index contributed by atoms with van der Waals surface area (Å²) in [6, 6.07) is 6.66. The molecule has 1 N–H and O–H groups in total. The summed E-state index contributed by atoms with van der Waals surface area (Å²) in [7, 11) is 0. The Morgan fingerprint density at radius 2 is 2.08 bits per heavy atom. The summed E-state index contributed by atoms with van der Waals surface area (Å²) in [5.41, 5.74) is 0.829. The van der Waals surface area contributed by atoms with Crippen LogP contribution < -0.4 is 0 Å². The van der Waals surface area contributed by atoms with E-state index in [1.165, 1.54) is 23.1 Å². The average Bonchev–Trinajstić information content (AvgIpc) is 3.09. The highest BCUT2D eigenvalue weighted by atomic mass is 32.2. The number of amides is 1. The predicted molar refractivity (Wildman–Crippen MR) is 97.3 cm³/mol. The minimum atomic E-state index is -0.132. The first-order valence-electron chi connectivity index (χ1n) is 7.07. The van der Waals surface area contributed by atoms with E-state index in [1.54, 1.807) is 41.3 Å². The molecule has 0 saturated carbocycles. The molecule has 6 nitrogen and oxygen atoms in total. The Kier molecular flexibility index (Phi) is 4.77. The first-order chi connectivity index (χ1) is 11.6. The molecule has 0 spiro atoms. The molecule has 2 heterocycles. The molecule has 1 aromatic carbocycles. The van der Waals surface area contributed by atoms with Gasteiger partial charge in [-0.3, -0.25) is 9.69 Å². The van der Waals surface area contributed by atoms with E-state index in [0.717, 1.165) is 10.6 Å². The van der Waals surface area contributed by atoms with Crippen molar-refractivity contribution < 1.29 is 9.90 Å². The molecule has 0 atom stereocenters. The second kappa shape index (κ2) is 6.98. The van der Waals surface area contributed by atoms with Crippen molar-refractivity contribution in [2.24, 2.45) is 4.99 Å². The second-order valence-corrected chi connectivity index (χ2v) is 7.07. The van der Waals surface area contributed by atoms with Crippen LogP contribution in [0.3, 0.4) is 0 Å². The maximum atomic E-state index is 12.6. The summed E-state index contributed by atoms with van der Waals surface area (Å²) in [5, 5.41) is 19.1. The average molecular weight is 358 g/mol. The summed E-state index contributed by atoms with van der Waals surface area (Å²) in [6.45, 7) is 5.92. The van der Waals surface area contributed by atoms with Gasteiger partial charge in [-0.05, 0) is 42.5 Å². The third-order valence-corrected chi connectivity index (χ3v) is 4.84. The SMILES string of the molecule is C=CCN1C(=O)/C(=C/c2ccc(O)cc2)S/C1=N/c1nnc(C)s1. The molecule has 1 saturated heterocycles. The van der Waals surface area contributed by atoms with Gasteiger partial charge in [0.15, 0.2) is 5.17 Å². The van der Waals surface area contributed by atoms with E-state index in [9.17, 15) is 9.90 Å². The van der Waals surface area contributed by atoms with Gasteiger partial charge in [0, 0.05) is 6.54 Å². The van der Waals surface area contributed by atoms with Crippen molar-refractivity contribution in [2.75, 3.05) is 6.54 Å². The summed E-state index contributed by atoms with van der Waals surface area (Å²) in [5.74, 6) is 0.0534. The molecule has 122 valence electrons. The van der Waals surface area contributed by atoms with Crippen LogP contribution in [-0.2, 0) is 4.79 Å². The fraction of sp³-hybridized carbons (Fsp3) is 0.125. The second-order valence-electron chi connectivity index (χ2n) is 4.90. The van der Waals surface area contributed by atoms with Gasteiger partial charge < -0.3 is 5.11 Å². The number of nitrogens with zero attached hydrogens (tertiary/aromatic N) is 4. The number of carbonyl (C=O) groups is 1. The Balaban J connectivity index is 1.93. The van der Waals surface area contributed by atoms with Crippen LogP contribution in [0.5, 0.6) is 5.75 Å². The molecular weight excluding hydrogens is 344 g/mol. The smallest absolute Gasteiger partial charge is 0.267 e. The highest BCUT2D eigenvalue weighted by Gasteiger charge is 2.32. The molecular formula is C16H14N4O2S2. The van der Waals surface area contributed by atoms with Gasteiger partial charge >= 0.3 is 0 Å². The predicted octanol–water partition coefficient (Wildman–Crippen LogP) is 3.34. The van der Waals surface area contributed by atoms with E-state index in [1.807, 2.05) is 6.92 Å². The third-order valence-electron chi connectivity index (χ3n) is 3.10. The number of aliphatic imine (C=N–C) groups is 1. The number of hydrogen-bond acceptors (Lipinski definition) is 7. The van der Waals surface area contributed by atoms with Crippen molar-refractivity contribution in [3.63, 3.8) is 0 Å². The van der Waals surface area contributed by atoms with Crippen LogP contribution in [0, 0.1) is 6.92 Å². The summed E-state index contributed by atoms with van der Waals surface area (Å²) < 4.78 is 0. The van der Waals surface area contributed by atoms with Crippen LogP contribution in [-0.4, -0.2) is 37.8 Å². The molecule has 0 bridgehead atoms. The van der Waals surface area contributed by atoms with Crippen LogP contribution in [0.15, 0.2) is 46.8 Å². The van der Waals surface area contributed by atoms with Crippen LogP contribution in [0.25, 0.3) is 6.08 Å². The fourth-order valence-electron chi connectivity index (χ4n) is 2.02. The number of aromatic hydroxyl groups is 1. The van der Waals surface area contributed by atoms with Crippen molar-refractivity contribution in [1.29, 1.82) is 0 Å². The Hall–Kier alpha value is -2.45. The highest BCUT2D eigenvalue weighted by Crippen LogP contribution is 2.34. The number of phenolic OH excluding ortho intramolecular Hbond substituents is 1. The molecule has 1 aromatic heterocycles. The zero-order valence-electron chi connectivity index (χ0n) is 12.8. The zero-order valence-corrected chi connectivity index (χ0v) is 14.5. The van der Waals surface area contributed by atoms with Crippen LogP contribution >= 0.6 is 23.1 Å². The van der Waals surface area contributed by atoms with E-state index >= 15 is 0 Å². The van der Waals surface area contributed by atoms with Gasteiger partial charge in [0.2, 0.25) is 5.13 Å². The molecule has 8 heteroatoms.